The third-order valence-electron chi connectivity index (χ3n) is 6.29. The van der Waals surface area contributed by atoms with E-state index in [9.17, 15) is 0 Å². The highest BCUT2D eigenvalue weighted by Crippen LogP contribution is 2.76. The van der Waals surface area contributed by atoms with Gasteiger partial charge in [-0.05, 0) is 69.7 Å². The van der Waals surface area contributed by atoms with Crippen LogP contribution in [0.15, 0.2) is 60.7 Å². The van der Waals surface area contributed by atoms with E-state index in [2.05, 4.69) is 88.1 Å². The lowest BCUT2D eigenvalue weighted by molar-refractivity contribution is 0.287. The summed E-state index contributed by atoms with van der Waals surface area (Å²) in [7, 11) is -0.648. The van der Waals surface area contributed by atoms with Crippen LogP contribution in [0.4, 0.5) is 0 Å². The molecular formula is C22H27IS. The number of benzene rings is 2. The maximum Gasteiger partial charge on any atom is 0.0227 e. The predicted molar refractivity (Wildman–Crippen MR) is 116 cm³/mol. The molecule has 2 aliphatic rings. The van der Waals surface area contributed by atoms with E-state index in [0.717, 1.165) is 22.3 Å². The Hall–Kier alpha value is -0.480. The van der Waals surface area contributed by atoms with Crippen molar-refractivity contribution in [3.05, 3.63) is 71.8 Å². The number of rotatable bonds is 2. The summed E-state index contributed by atoms with van der Waals surface area (Å²) in [4.78, 5) is 0. The summed E-state index contributed by atoms with van der Waals surface area (Å²) in [5.41, 5.74) is 3.16. The molecule has 0 amide bonds. The van der Waals surface area contributed by atoms with E-state index >= 15 is 0 Å². The van der Waals surface area contributed by atoms with E-state index in [1.54, 1.807) is 11.1 Å². The maximum absolute atomic E-state index is 2.90. The highest BCUT2D eigenvalue weighted by atomic mass is 127. The maximum atomic E-state index is 2.90. The first-order chi connectivity index (χ1) is 11.7. The third-order valence-corrected chi connectivity index (χ3v) is 13.4. The topological polar surface area (TPSA) is 0 Å². The monoisotopic (exact) mass is 450 g/mol. The van der Waals surface area contributed by atoms with Crippen molar-refractivity contribution < 1.29 is 0 Å². The number of hydrogen-bond donors (Lipinski definition) is 0. The van der Waals surface area contributed by atoms with Gasteiger partial charge in [0.1, 0.15) is 0 Å². The zero-order valence-corrected chi connectivity index (χ0v) is 17.4. The Labute approximate surface area is 160 Å². The average molecular weight is 450 g/mol. The molecule has 0 aromatic heterocycles. The van der Waals surface area contributed by atoms with Crippen molar-refractivity contribution >= 4 is 28.4 Å². The van der Waals surface area contributed by atoms with Gasteiger partial charge in [-0.1, -0.05) is 73.5 Å². The van der Waals surface area contributed by atoms with E-state index in [1.807, 2.05) is 0 Å². The van der Waals surface area contributed by atoms with Crippen LogP contribution in [0, 0.1) is 5.92 Å². The predicted octanol–water partition coefficient (Wildman–Crippen LogP) is 7.26. The summed E-state index contributed by atoms with van der Waals surface area (Å²) < 4.78 is 0. The zero-order chi connectivity index (χ0) is 16.6. The SMILES string of the molecule is CS1(I)C(c2ccccc2)CC(c2ccccc2)C2CCCCC21. The largest absolute Gasteiger partial charge is 0.180 e. The smallest absolute Gasteiger partial charge is 0.0227 e. The Morgan fingerprint density at radius 2 is 1.42 bits per heavy atom. The second kappa shape index (κ2) is 7.03. The summed E-state index contributed by atoms with van der Waals surface area (Å²) in [6.45, 7) is 0. The van der Waals surface area contributed by atoms with Crippen LogP contribution >= 0.6 is 28.4 Å². The Bertz CT molecular complexity index is 667. The molecule has 24 heavy (non-hydrogen) atoms. The van der Waals surface area contributed by atoms with Gasteiger partial charge < -0.3 is 0 Å². The zero-order valence-electron chi connectivity index (χ0n) is 14.4. The minimum absolute atomic E-state index is 0.648. The van der Waals surface area contributed by atoms with E-state index < -0.39 is 7.20 Å². The molecule has 2 aromatic carbocycles. The van der Waals surface area contributed by atoms with Gasteiger partial charge in [0.25, 0.3) is 0 Å². The van der Waals surface area contributed by atoms with Crippen molar-refractivity contribution in [1.29, 1.82) is 0 Å². The van der Waals surface area contributed by atoms with Crippen molar-refractivity contribution in [2.75, 3.05) is 6.26 Å². The van der Waals surface area contributed by atoms with Gasteiger partial charge in [0, 0.05) is 10.5 Å². The lowest BCUT2D eigenvalue weighted by Gasteiger charge is -2.57. The first-order valence-electron chi connectivity index (χ1n) is 9.23. The molecule has 128 valence electrons. The molecule has 2 aromatic rings. The van der Waals surface area contributed by atoms with Crippen LogP contribution in [0.25, 0.3) is 0 Å². The standard InChI is InChI=1S/C22H27IS/c1-24(23)21-15-9-8-14-19(21)20(17-10-4-2-5-11-17)16-22(24)18-12-6-3-7-13-18/h2-7,10-13,19-22H,8-9,14-16H2,1H3. The van der Waals surface area contributed by atoms with Gasteiger partial charge in [-0.3, -0.25) is 0 Å². The van der Waals surface area contributed by atoms with Crippen LogP contribution in [0.1, 0.15) is 54.4 Å². The van der Waals surface area contributed by atoms with Crippen LogP contribution in [-0.4, -0.2) is 11.5 Å². The molecule has 1 saturated carbocycles. The van der Waals surface area contributed by atoms with Crippen LogP contribution in [-0.2, 0) is 0 Å². The van der Waals surface area contributed by atoms with Gasteiger partial charge in [-0.2, -0.15) is 7.20 Å². The van der Waals surface area contributed by atoms with Gasteiger partial charge in [0.2, 0.25) is 0 Å². The molecule has 1 aliphatic heterocycles. The first kappa shape index (κ1) is 17.0. The van der Waals surface area contributed by atoms with Crippen LogP contribution in [0.3, 0.4) is 0 Å². The normalized spacial score (nSPS) is 38.8. The molecule has 0 nitrogen and oxygen atoms in total. The van der Waals surface area contributed by atoms with Crippen molar-refractivity contribution in [2.45, 2.75) is 48.5 Å². The van der Waals surface area contributed by atoms with Crippen molar-refractivity contribution in [1.82, 2.24) is 0 Å². The fourth-order valence-corrected chi connectivity index (χ4v) is 11.8. The second-order valence-electron chi connectivity index (χ2n) is 7.58. The molecule has 0 bridgehead atoms. The quantitative estimate of drug-likeness (QED) is 0.423. The summed E-state index contributed by atoms with van der Waals surface area (Å²) in [5.74, 6) is 1.65. The van der Waals surface area contributed by atoms with Crippen LogP contribution in [0.5, 0.6) is 0 Å². The lowest BCUT2D eigenvalue weighted by Crippen LogP contribution is -2.39. The summed E-state index contributed by atoms with van der Waals surface area (Å²) >= 11 is 2.90. The highest BCUT2D eigenvalue weighted by Gasteiger charge is 2.49. The van der Waals surface area contributed by atoms with Gasteiger partial charge in [-0.15, -0.1) is 0 Å². The van der Waals surface area contributed by atoms with Crippen molar-refractivity contribution in [2.24, 2.45) is 5.92 Å². The Morgan fingerprint density at radius 1 is 0.833 bits per heavy atom. The van der Waals surface area contributed by atoms with Crippen molar-refractivity contribution in [3.63, 3.8) is 0 Å². The molecule has 1 heterocycles. The number of halogens is 1. The van der Waals surface area contributed by atoms with Crippen LogP contribution < -0.4 is 0 Å². The summed E-state index contributed by atoms with van der Waals surface area (Å²) in [6.07, 6.45) is 9.73. The molecule has 2 fully saturated rings. The third kappa shape index (κ3) is 3.05. The lowest BCUT2D eigenvalue weighted by atomic mass is 9.73. The van der Waals surface area contributed by atoms with Gasteiger partial charge in [0.05, 0.1) is 0 Å². The van der Waals surface area contributed by atoms with Crippen LogP contribution in [0.2, 0.25) is 0 Å². The molecule has 5 atom stereocenters. The van der Waals surface area contributed by atoms with Gasteiger partial charge >= 0.3 is 0 Å². The summed E-state index contributed by atoms with van der Waals surface area (Å²) in [5, 5.41) is 1.67. The molecule has 5 unspecified atom stereocenters. The van der Waals surface area contributed by atoms with Gasteiger partial charge in [-0.25, -0.2) is 0 Å². The highest BCUT2D eigenvalue weighted by molar-refractivity contribution is 14.2. The molecular weight excluding hydrogens is 423 g/mol. The Morgan fingerprint density at radius 3 is 2.08 bits per heavy atom. The number of fused-ring (bicyclic) bond motifs is 1. The molecule has 1 saturated heterocycles. The molecule has 0 spiro atoms. The molecule has 1 aliphatic carbocycles. The summed E-state index contributed by atoms with van der Waals surface area (Å²) in [6, 6.07) is 22.7. The first-order valence-corrected chi connectivity index (χ1v) is 13.9. The minimum atomic E-state index is -0.648. The fourth-order valence-electron chi connectivity index (χ4n) is 5.12. The van der Waals surface area contributed by atoms with E-state index in [4.69, 9.17) is 0 Å². The Balaban J connectivity index is 1.75. The second-order valence-corrected chi connectivity index (χ2v) is 16.3. The molecule has 2 heteroatoms. The Kier molecular flexibility index (Phi) is 4.97. The van der Waals surface area contributed by atoms with E-state index in [1.165, 1.54) is 32.1 Å². The fraction of sp³-hybridized carbons (Fsp3) is 0.455. The van der Waals surface area contributed by atoms with Crippen molar-refractivity contribution in [3.8, 4) is 0 Å². The minimum Gasteiger partial charge on any atom is -0.180 e. The number of hydrogen-bond acceptors (Lipinski definition) is 0. The van der Waals surface area contributed by atoms with Gasteiger partial charge in [0.15, 0.2) is 0 Å². The van der Waals surface area contributed by atoms with E-state index in [0.29, 0.717) is 0 Å². The molecule has 0 radical (unpaired) electrons. The molecule has 4 rings (SSSR count). The van der Waals surface area contributed by atoms with E-state index in [-0.39, 0.29) is 0 Å². The average Bonchev–Trinajstić information content (AvgIpc) is 2.63. The molecule has 0 N–H and O–H groups in total.